The van der Waals surface area contributed by atoms with Crippen molar-refractivity contribution in [1.82, 2.24) is 15.5 Å². The van der Waals surface area contributed by atoms with Crippen molar-refractivity contribution in [3.8, 4) is 0 Å². The molecule has 3 aliphatic heterocycles. The Bertz CT molecular complexity index is 294. The lowest BCUT2D eigenvalue weighted by molar-refractivity contribution is -0.123. The highest BCUT2D eigenvalue weighted by Crippen LogP contribution is 2.28. The van der Waals surface area contributed by atoms with Gasteiger partial charge in [-0.1, -0.05) is 0 Å². The highest BCUT2D eigenvalue weighted by molar-refractivity contribution is 5.81. The molecule has 2 N–H and O–H groups in total. The summed E-state index contributed by atoms with van der Waals surface area (Å²) in [5, 5.41) is 6.64. The van der Waals surface area contributed by atoms with E-state index in [2.05, 4.69) is 15.5 Å². The maximum Gasteiger partial charge on any atom is 0.237 e. The molecule has 3 saturated heterocycles. The molecule has 0 spiro atoms. The number of rotatable bonds is 2. The van der Waals surface area contributed by atoms with Gasteiger partial charge in [-0.15, -0.1) is 0 Å². The van der Waals surface area contributed by atoms with Crippen LogP contribution < -0.4 is 10.6 Å². The van der Waals surface area contributed by atoms with Crippen LogP contribution in [0.25, 0.3) is 0 Å². The number of amides is 1. The van der Waals surface area contributed by atoms with Crippen LogP contribution >= 0.6 is 0 Å². The molecule has 17 heavy (non-hydrogen) atoms. The van der Waals surface area contributed by atoms with Gasteiger partial charge >= 0.3 is 0 Å². The first-order valence-electron chi connectivity index (χ1n) is 7.12. The molecular formula is C13H23N3O. The molecule has 96 valence electrons. The predicted molar refractivity (Wildman–Crippen MR) is 66.8 cm³/mol. The predicted octanol–water partition coefficient (Wildman–Crippen LogP) is 0.481. The molecule has 0 aromatic rings. The number of carbonyl (C=O) groups is 1. The van der Waals surface area contributed by atoms with Crippen molar-refractivity contribution in [1.29, 1.82) is 0 Å². The summed E-state index contributed by atoms with van der Waals surface area (Å²) in [6.45, 7) is 3.34. The van der Waals surface area contributed by atoms with Crippen LogP contribution in [0.2, 0.25) is 0 Å². The average molecular weight is 237 g/mol. The van der Waals surface area contributed by atoms with Gasteiger partial charge in [0.25, 0.3) is 0 Å². The van der Waals surface area contributed by atoms with E-state index in [1.54, 1.807) is 0 Å². The second-order valence-electron chi connectivity index (χ2n) is 5.65. The van der Waals surface area contributed by atoms with Gasteiger partial charge < -0.3 is 10.6 Å². The van der Waals surface area contributed by atoms with E-state index in [0.29, 0.717) is 12.1 Å². The van der Waals surface area contributed by atoms with Gasteiger partial charge in [0.1, 0.15) is 0 Å². The Morgan fingerprint density at radius 1 is 1.12 bits per heavy atom. The summed E-state index contributed by atoms with van der Waals surface area (Å²) < 4.78 is 0. The molecule has 0 radical (unpaired) electrons. The summed E-state index contributed by atoms with van der Waals surface area (Å²) in [6.07, 6.45) is 7.16. The molecule has 3 atom stereocenters. The van der Waals surface area contributed by atoms with Crippen molar-refractivity contribution in [3.05, 3.63) is 0 Å². The average Bonchev–Trinajstić information content (AvgIpc) is 2.85. The Morgan fingerprint density at radius 2 is 2.06 bits per heavy atom. The topological polar surface area (TPSA) is 44.4 Å². The summed E-state index contributed by atoms with van der Waals surface area (Å²) in [5.74, 6) is 0.221. The van der Waals surface area contributed by atoms with Gasteiger partial charge in [0.2, 0.25) is 5.91 Å². The third-order valence-corrected chi connectivity index (χ3v) is 4.56. The Morgan fingerprint density at radius 3 is 3.00 bits per heavy atom. The summed E-state index contributed by atoms with van der Waals surface area (Å²) >= 11 is 0. The number of nitrogens with zero attached hydrogens (tertiary/aromatic N) is 1. The molecule has 3 unspecified atom stereocenters. The normalized spacial score (nSPS) is 38.8. The molecule has 3 fully saturated rings. The van der Waals surface area contributed by atoms with Crippen LogP contribution in [-0.4, -0.2) is 48.6 Å². The van der Waals surface area contributed by atoms with Crippen molar-refractivity contribution in [3.63, 3.8) is 0 Å². The zero-order valence-electron chi connectivity index (χ0n) is 10.5. The van der Waals surface area contributed by atoms with Crippen LogP contribution in [0.1, 0.15) is 38.5 Å². The van der Waals surface area contributed by atoms with E-state index >= 15 is 0 Å². The van der Waals surface area contributed by atoms with Crippen LogP contribution in [0.3, 0.4) is 0 Å². The van der Waals surface area contributed by atoms with E-state index in [-0.39, 0.29) is 11.9 Å². The first-order valence-corrected chi connectivity index (χ1v) is 7.12. The Balaban J connectivity index is 1.60. The molecule has 0 saturated carbocycles. The van der Waals surface area contributed by atoms with Gasteiger partial charge in [-0.3, -0.25) is 9.69 Å². The number of fused-ring (bicyclic) bond motifs is 1. The van der Waals surface area contributed by atoms with Crippen molar-refractivity contribution in [2.45, 2.75) is 56.7 Å². The van der Waals surface area contributed by atoms with E-state index < -0.39 is 0 Å². The second-order valence-corrected chi connectivity index (χ2v) is 5.65. The quantitative estimate of drug-likeness (QED) is 0.734. The van der Waals surface area contributed by atoms with E-state index in [0.717, 1.165) is 25.8 Å². The van der Waals surface area contributed by atoms with Gasteiger partial charge in [-0.05, 0) is 45.1 Å². The minimum absolute atomic E-state index is 0.0584. The lowest BCUT2D eigenvalue weighted by atomic mass is 10.0. The molecule has 3 heterocycles. The van der Waals surface area contributed by atoms with Gasteiger partial charge in [0.05, 0.1) is 6.04 Å². The molecule has 4 nitrogen and oxygen atoms in total. The van der Waals surface area contributed by atoms with E-state index in [9.17, 15) is 4.79 Å². The molecule has 0 aliphatic carbocycles. The summed E-state index contributed by atoms with van der Waals surface area (Å²) in [4.78, 5) is 14.5. The fourth-order valence-electron chi connectivity index (χ4n) is 3.63. The Kier molecular flexibility index (Phi) is 3.34. The number of carbonyl (C=O) groups excluding carboxylic acids is 1. The third kappa shape index (κ3) is 2.33. The van der Waals surface area contributed by atoms with E-state index in [1.165, 1.54) is 32.4 Å². The van der Waals surface area contributed by atoms with Crippen LogP contribution in [0.15, 0.2) is 0 Å². The third-order valence-electron chi connectivity index (χ3n) is 4.56. The highest BCUT2D eigenvalue weighted by Gasteiger charge is 2.38. The number of hydrogen-bond acceptors (Lipinski definition) is 3. The standard InChI is InChI=1S/C13H23N3O/c17-13-11(4-1-2-7-14-13)15-10-6-9-16-8-3-5-12(10)16/h10-12,15H,1-9H2,(H,14,17). The van der Waals surface area contributed by atoms with Gasteiger partial charge in [-0.2, -0.15) is 0 Å². The lowest BCUT2D eigenvalue weighted by Crippen LogP contribution is -2.50. The molecule has 4 heteroatoms. The Hall–Kier alpha value is -0.610. The van der Waals surface area contributed by atoms with Crippen molar-refractivity contribution < 1.29 is 4.79 Å². The molecule has 1 amide bonds. The number of hydrogen-bond donors (Lipinski definition) is 2. The van der Waals surface area contributed by atoms with Gasteiger partial charge in [0.15, 0.2) is 0 Å². The molecule has 0 bridgehead atoms. The second kappa shape index (κ2) is 4.94. The fourth-order valence-corrected chi connectivity index (χ4v) is 3.63. The zero-order valence-corrected chi connectivity index (χ0v) is 10.5. The van der Waals surface area contributed by atoms with Crippen LogP contribution in [-0.2, 0) is 4.79 Å². The molecule has 0 aromatic heterocycles. The molecule has 3 rings (SSSR count). The van der Waals surface area contributed by atoms with E-state index in [1.807, 2.05) is 0 Å². The number of nitrogens with one attached hydrogen (secondary N) is 2. The van der Waals surface area contributed by atoms with Crippen LogP contribution in [0.4, 0.5) is 0 Å². The molecule has 3 aliphatic rings. The van der Waals surface area contributed by atoms with Gasteiger partial charge in [0, 0.05) is 25.2 Å². The first-order chi connectivity index (χ1) is 8.34. The largest absolute Gasteiger partial charge is 0.355 e. The zero-order chi connectivity index (χ0) is 11.7. The van der Waals surface area contributed by atoms with Crippen molar-refractivity contribution >= 4 is 5.91 Å². The molecular weight excluding hydrogens is 214 g/mol. The maximum absolute atomic E-state index is 11.9. The lowest BCUT2D eigenvalue weighted by Gasteiger charge is -2.25. The van der Waals surface area contributed by atoms with Crippen molar-refractivity contribution in [2.75, 3.05) is 19.6 Å². The fraction of sp³-hybridized carbons (Fsp3) is 0.923. The molecule has 0 aromatic carbocycles. The monoisotopic (exact) mass is 237 g/mol. The minimum atomic E-state index is 0.0584. The SMILES string of the molecule is O=C1NCCCCC1NC1CCN2CCCC12. The first kappa shape index (κ1) is 11.5. The highest BCUT2D eigenvalue weighted by atomic mass is 16.2. The van der Waals surface area contributed by atoms with Gasteiger partial charge in [-0.25, -0.2) is 0 Å². The van der Waals surface area contributed by atoms with Crippen LogP contribution in [0, 0.1) is 0 Å². The van der Waals surface area contributed by atoms with Crippen molar-refractivity contribution in [2.24, 2.45) is 0 Å². The summed E-state index contributed by atoms with van der Waals surface area (Å²) in [5.41, 5.74) is 0. The summed E-state index contributed by atoms with van der Waals surface area (Å²) in [7, 11) is 0. The van der Waals surface area contributed by atoms with E-state index in [4.69, 9.17) is 0 Å². The Labute approximate surface area is 103 Å². The minimum Gasteiger partial charge on any atom is -0.355 e. The maximum atomic E-state index is 11.9. The van der Waals surface area contributed by atoms with Crippen LogP contribution in [0.5, 0.6) is 0 Å². The smallest absolute Gasteiger partial charge is 0.237 e. The summed E-state index contributed by atoms with van der Waals surface area (Å²) in [6, 6.07) is 1.31.